The normalized spacial score (nSPS) is 14.3. The lowest BCUT2D eigenvalue weighted by atomic mass is 10.0. The number of benzene rings is 1. The first-order valence-electron chi connectivity index (χ1n) is 5.88. The van der Waals surface area contributed by atoms with Crippen LogP contribution in [0.4, 0.5) is 11.4 Å². The molecule has 5 heteroatoms. The summed E-state index contributed by atoms with van der Waals surface area (Å²) in [5, 5.41) is 0. The Labute approximate surface area is 106 Å². The van der Waals surface area contributed by atoms with E-state index in [2.05, 4.69) is 0 Å². The van der Waals surface area contributed by atoms with E-state index in [1.54, 1.807) is 25.1 Å². The third-order valence-corrected chi connectivity index (χ3v) is 3.10. The molecule has 0 saturated carbocycles. The molecule has 0 saturated heterocycles. The van der Waals surface area contributed by atoms with Crippen molar-refractivity contribution in [2.24, 2.45) is 0 Å². The second-order valence-electron chi connectivity index (χ2n) is 4.66. The number of hydrogen-bond acceptors (Lipinski definition) is 3. The van der Waals surface area contributed by atoms with Gasteiger partial charge in [0, 0.05) is 31.9 Å². The minimum absolute atomic E-state index is 0.0116. The topological polar surface area (TPSA) is 66.6 Å². The van der Waals surface area contributed by atoms with Crippen LogP contribution in [0.5, 0.6) is 0 Å². The van der Waals surface area contributed by atoms with Gasteiger partial charge in [-0.2, -0.15) is 0 Å². The molecule has 0 atom stereocenters. The van der Waals surface area contributed by atoms with E-state index in [4.69, 9.17) is 5.73 Å². The van der Waals surface area contributed by atoms with Crippen molar-refractivity contribution in [3.05, 3.63) is 23.8 Å². The van der Waals surface area contributed by atoms with E-state index in [0.717, 1.165) is 11.3 Å². The van der Waals surface area contributed by atoms with Gasteiger partial charge in [-0.05, 0) is 30.2 Å². The molecular formula is C13H17N3O2. The number of fused-ring (bicyclic) bond motifs is 1. The highest BCUT2D eigenvalue weighted by molar-refractivity contribution is 6.01. The molecule has 0 bridgehead atoms. The van der Waals surface area contributed by atoms with Crippen molar-refractivity contribution >= 4 is 23.2 Å². The van der Waals surface area contributed by atoms with Crippen LogP contribution in [0.15, 0.2) is 18.2 Å². The van der Waals surface area contributed by atoms with E-state index in [-0.39, 0.29) is 18.4 Å². The highest BCUT2D eigenvalue weighted by atomic mass is 16.2. The van der Waals surface area contributed by atoms with Gasteiger partial charge in [0.1, 0.15) is 6.54 Å². The number of nitrogen functional groups attached to an aromatic ring is 1. The molecule has 2 amide bonds. The molecule has 2 N–H and O–H groups in total. The van der Waals surface area contributed by atoms with Crippen LogP contribution in [0.25, 0.3) is 0 Å². The van der Waals surface area contributed by atoms with Gasteiger partial charge in [0.15, 0.2) is 0 Å². The van der Waals surface area contributed by atoms with Crippen LogP contribution in [0.2, 0.25) is 0 Å². The molecule has 0 fully saturated rings. The molecule has 1 aromatic carbocycles. The van der Waals surface area contributed by atoms with Crippen molar-refractivity contribution in [1.82, 2.24) is 4.90 Å². The number of anilines is 2. The summed E-state index contributed by atoms with van der Waals surface area (Å²) in [5.41, 5.74) is 8.25. The molecule has 18 heavy (non-hydrogen) atoms. The Kier molecular flexibility index (Phi) is 3.23. The van der Waals surface area contributed by atoms with Gasteiger partial charge in [0.2, 0.25) is 11.8 Å². The first-order chi connectivity index (χ1) is 8.49. The number of hydrogen-bond donors (Lipinski definition) is 1. The quantitative estimate of drug-likeness (QED) is 0.780. The summed E-state index contributed by atoms with van der Waals surface area (Å²) in [6.45, 7) is 0.0861. The van der Waals surface area contributed by atoms with E-state index >= 15 is 0 Å². The summed E-state index contributed by atoms with van der Waals surface area (Å²) >= 11 is 0. The average molecular weight is 247 g/mol. The molecule has 0 aromatic heterocycles. The number of rotatable bonds is 2. The Morgan fingerprint density at radius 2 is 2.11 bits per heavy atom. The second-order valence-corrected chi connectivity index (χ2v) is 4.66. The van der Waals surface area contributed by atoms with Gasteiger partial charge in [-0.25, -0.2) is 0 Å². The summed E-state index contributed by atoms with van der Waals surface area (Å²) in [7, 11) is 3.36. The smallest absolute Gasteiger partial charge is 0.242 e. The number of likely N-dealkylation sites (N-methyl/N-ethyl adjacent to an activating group) is 1. The van der Waals surface area contributed by atoms with Gasteiger partial charge in [-0.3, -0.25) is 9.59 Å². The summed E-state index contributed by atoms with van der Waals surface area (Å²) in [6, 6.07) is 5.43. The Hall–Kier alpha value is -2.04. The molecule has 5 nitrogen and oxygen atoms in total. The average Bonchev–Trinajstić information content (AvgIpc) is 2.32. The molecule has 0 spiro atoms. The lowest BCUT2D eigenvalue weighted by Crippen LogP contribution is -2.42. The van der Waals surface area contributed by atoms with Crippen molar-refractivity contribution in [2.45, 2.75) is 12.8 Å². The van der Waals surface area contributed by atoms with Crippen molar-refractivity contribution in [2.75, 3.05) is 31.3 Å². The Bertz CT molecular complexity index is 497. The van der Waals surface area contributed by atoms with Crippen LogP contribution < -0.4 is 10.6 Å². The van der Waals surface area contributed by atoms with Gasteiger partial charge in [0.05, 0.1) is 0 Å². The molecule has 0 radical (unpaired) electrons. The van der Waals surface area contributed by atoms with Crippen molar-refractivity contribution in [1.29, 1.82) is 0 Å². The van der Waals surface area contributed by atoms with Crippen LogP contribution in [0, 0.1) is 0 Å². The van der Waals surface area contributed by atoms with E-state index in [1.165, 1.54) is 4.90 Å². The zero-order valence-electron chi connectivity index (χ0n) is 10.6. The van der Waals surface area contributed by atoms with Gasteiger partial charge < -0.3 is 15.5 Å². The summed E-state index contributed by atoms with van der Waals surface area (Å²) in [4.78, 5) is 26.7. The predicted octanol–water partition coefficient (Wildman–Crippen LogP) is 0.636. The highest BCUT2D eigenvalue weighted by Gasteiger charge is 2.26. The fourth-order valence-electron chi connectivity index (χ4n) is 2.03. The summed E-state index contributed by atoms with van der Waals surface area (Å²) in [5.74, 6) is -0.101. The van der Waals surface area contributed by atoms with Gasteiger partial charge >= 0.3 is 0 Å². The van der Waals surface area contributed by atoms with E-state index in [1.807, 2.05) is 12.1 Å². The lowest BCUT2D eigenvalue weighted by molar-refractivity contribution is -0.129. The number of amides is 2. The Morgan fingerprint density at radius 1 is 1.39 bits per heavy atom. The summed E-state index contributed by atoms with van der Waals surface area (Å²) in [6.07, 6.45) is 1.11. The standard InChI is InChI=1S/C13H17N3O2/c1-15(2)13(18)8-16-11-5-4-10(14)7-9(11)3-6-12(16)17/h4-5,7H,3,6,8,14H2,1-2H3. The van der Waals surface area contributed by atoms with Gasteiger partial charge in [-0.1, -0.05) is 0 Å². The van der Waals surface area contributed by atoms with E-state index in [9.17, 15) is 9.59 Å². The van der Waals surface area contributed by atoms with E-state index in [0.29, 0.717) is 18.5 Å². The third-order valence-electron chi connectivity index (χ3n) is 3.10. The Balaban J connectivity index is 2.31. The monoisotopic (exact) mass is 247 g/mol. The van der Waals surface area contributed by atoms with Crippen molar-refractivity contribution < 1.29 is 9.59 Å². The van der Waals surface area contributed by atoms with Crippen LogP contribution in [0.1, 0.15) is 12.0 Å². The summed E-state index contributed by atoms with van der Waals surface area (Å²) < 4.78 is 0. The molecule has 1 heterocycles. The lowest BCUT2D eigenvalue weighted by Gasteiger charge is -2.30. The maximum Gasteiger partial charge on any atom is 0.242 e. The van der Waals surface area contributed by atoms with Gasteiger partial charge in [0.25, 0.3) is 0 Å². The van der Waals surface area contributed by atoms with Crippen LogP contribution in [-0.2, 0) is 16.0 Å². The predicted molar refractivity (Wildman–Crippen MR) is 70.2 cm³/mol. The molecule has 1 aliphatic rings. The first kappa shape index (κ1) is 12.4. The minimum Gasteiger partial charge on any atom is -0.399 e. The Morgan fingerprint density at radius 3 is 2.78 bits per heavy atom. The van der Waals surface area contributed by atoms with Crippen LogP contribution in [0.3, 0.4) is 0 Å². The maximum atomic E-state index is 11.9. The SMILES string of the molecule is CN(C)C(=O)CN1C(=O)CCc2cc(N)ccc21. The minimum atomic E-state index is -0.0898. The fourth-order valence-corrected chi connectivity index (χ4v) is 2.03. The number of nitrogens with zero attached hydrogens (tertiary/aromatic N) is 2. The highest BCUT2D eigenvalue weighted by Crippen LogP contribution is 2.29. The second kappa shape index (κ2) is 4.68. The number of nitrogens with two attached hydrogens (primary N) is 1. The zero-order valence-corrected chi connectivity index (χ0v) is 10.6. The first-order valence-corrected chi connectivity index (χ1v) is 5.88. The molecule has 96 valence electrons. The van der Waals surface area contributed by atoms with Crippen LogP contribution in [-0.4, -0.2) is 37.4 Å². The van der Waals surface area contributed by atoms with E-state index < -0.39 is 0 Å². The number of carbonyl (C=O) groups is 2. The maximum absolute atomic E-state index is 11.9. The molecule has 2 rings (SSSR count). The molecule has 0 aliphatic carbocycles. The van der Waals surface area contributed by atoms with Crippen molar-refractivity contribution in [3.8, 4) is 0 Å². The van der Waals surface area contributed by atoms with Crippen LogP contribution >= 0.6 is 0 Å². The zero-order chi connectivity index (χ0) is 13.3. The number of aryl methyl sites for hydroxylation is 1. The molecule has 1 aliphatic heterocycles. The molecular weight excluding hydrogens is 230 g/mol. The van der Waals surface area contributed by atoms with Crippen molar-refractivity contribution in [3.63, 3.8) is 0 Å². The number of carbonyl (C=O) groups excluding carboxylic acids is 2. The fraction of sp³-hybridized carbons (Fsp3) is 0.385. The molecule has 0 unspecified atom stereocenters. The third kappa shape index (κ3) is 2.30. The van der Waals surface area contributed by atoms with Gasteiger partial charge in [-0.15, -0.1) is 0 Å². The molecule has 1 aromatic rings. The largest absolute Gasteiger partial charge is 0.399 e.